The number of halogens is 2. The lowest BCUT2D eigenvalue weighted by Gasteiger charge is -2.24. The van der Waals surface area contributed by atoms with E-state index in [9.17, 15) is 17.2 Å². The number of rotatable bonds is 7. The van der Waals surface area contributed by atoms with Gasteiger partial charge in [-0.3, -0.25) is 8.86 Å². The Morgan fingerprint density at radius 1 is 1.19 bits per heavy atom. The average Bonchev–Trinajstić information content (AvgIpc) is 3.38. The molecule has 1 fully saturated rings. The van der Waals surface area contributed by atoms with E-state index in [1.165, 1.54) is 36.9 Å². The molecule has 1 saturated heterocycles. The fourth-order valence-electron chi connectivity index (χ4n) is 3.76. The third kappa shape index (κ3) is 4.81. The second-order valence-corrected chi connectivity index (χ2v) is 9.11. The SMILES string of the molecule is Cc1ccc(S(=O)(=O)OCC2CO[C@H](Cn3cncn3)[C@H]2c2ccc(F)cc2F)cc1. The summed E-state index contributed by atoms with van der Waals surface area (Å²) in [6.45, 7) is 2.09. The summed E-state index contributed by atoms with van der Waals surface area (Å²) >= 11 is 0. The third-order valence-electron chi connectivity index (χ3n) is 5.33. The van der Waals surface area contributed by atoms with Gasteiger partial charge >= 0.3 is 0 Å². The van der Waals surface area contributed by atoms with Crippen molar-refractivity contribution in [1.82, 2.24) is 14.8 Å². The van der Waals surface area contributed by atoms with Crippen molar-refractivity contribution >= 4 is 10.1 Å². The van der Waals surface area contributed by atoms with Crippen molar-refractivity contribution in [2.24, 2.45) is 5.92 Å². The molecule has 1 aliphatic rings. The number of hydrogen-bond acceptors (Lipinski definition) is 6. The van der Waals surface area contributed by atoms with Crippen molar-refractivity contribution in [3.05, 3.63) is 77.9 Å². The van der Waals surface area contributed by atoms with Gasteiger partial charge in [0.2, 0.25) is 0 Å². The number of ether oxygens (including phenoxy) is 1. The van der Waals surface area contributed by atoms with E-state index in [1.54, 1.807) is 16.8 Å². The lowest BCUT2D eigenvalue weighted by Crippen LogP contribution is -2.27. The van der Waals surface area contributed by atoms with E-state index in [0.717, 1.165) is 11.6 Å². The predicted molar refractivity (Wildman–Crippen MR) is 107 cm³/mol. The van der Waals surface area contributed by atoms with Gasteiger partial charge in [-0.05, 0) is 30.7 Å². The van der Waals surface area contributed by atoms with E-state index in [0.29, 0.717) is 0 Å². The molecule has 0 spiro atoms. The Bertz CT molecular complexity index is 1140. The first kappa shape index (κ1) is 21.5. The van der Waals surface area contributed by atoms with Gasteiger partial charge in [0.1, 0.15) is 24.3 Å². The number of nitrogens with zero attached hydrogens (tertiary/aromatic N) is 3. The number of aryl methyl sites for hydroxylation is 1. The Balaban J connectivity index is 1.57. The third-order valence-corrected chi connectivity index (χ3v) is 6.63. The quantitative estimate of drug-likeness (QED) is 0.516. The molecule has 0 bridgehead atoms. The van der Waals surface area contributed by atoms with Gasteiger partial charge in [0.25, 0.3) is 10.1 Å². The topological polar surface area (TPSA) is 83.3 Å². The highest BCUT2D eigenvalue weighted by Crippen LogP contribution is 2.39. The number of benzene rings is 2. The van der Waals surface area contributed by atoms with Crippen LogP contribution in [0.1, 0.15) is 17.0 Å². The first-order chi connectivity index (χ1) is 14.8. The van der Waals surface area contributed by atoms with Gasteiger partial charge in [-0.1, -0.05) is 23.8 Å². The zero-order valence-electron chi connectivity index (χ0n) is 16.7. The van der Waals surface area contributed by atoms with E-state index >= 15 is 0 Å². The zero-order chi connectivity index (χ0) is 22.0. The van der Waals surface area contributed by atoms with Gasteiger partial charge in [-0.2, -0.15) is 13.5 Å². The summed E-state index contributed by atoms with van der Waals surface area (Å²) in [6, 6.07) is 9.64. The van der Waals surface area contributed by atoms with E-state index in [1.807, 2.05) is 6.92 Å². The van der Waals surface area contributed by atoms with Gasteiger partial charge in [0.15, 0.2) is 0 Å². The summed E-state index contributed by atoms with van der Waals surface area (Å²) in [6.07, 6.45) is 2.36. The van der Waals surface area contributed by atoms with E-state index in [4.69, 9.17) is 8.92 Å². The molecule has 0 radical (unpaired) electrons. The monoisotopic (exact) mass is 449 g/mol. The van der Waals surface area contributed by atoms with Crippen LogP contribution in [-0.4, -0.2) is 42.5 Å². The Kier molecular flexibility index (Phi) is 6.12. The van der Waals surface area contributed by atoms with Crippen LogP contribution in [0.3, 0.4) is 0 Å². The fraction of sp³-hybridized carbons (Fsp3) is 0.333. The average molecular weight is 449 g/mol. The molecule has 4 rings (SSSR count). The summed E-state index contributed by atoms with van der Waals surface area (Å²) < 4.78 is 65.9. The van der Waals surface area contributed by atoms with Crippen LogP contribution < -0.4 is 0 Å². The van der Waals surface area contributed by atoms with Gasteiger partial charge in [0.05, 0.1) is 30.8 Å². The van der Waals surface area contributed by atoms with E-state index in [-0.39, 0.29) is 30.2 Å². The Morgan fingerprint density at radius 2 is 1.97 bits per heavy atom. The molecule has 0 aliphatic carbocycles. The van der Waals surface area contributed by atoms with Crippen molar-refractivity contribution in [2.75, 3.05) is 13.2 Å². The van der Waals surface area contributed by atoms with Crippen molar-refractivity contribution in [2.45, 2.75) is 30.4 Å². The highest BCUT2D eigenvalue weighted by Gasteiger charge is 2.41. The Morgan fingerprint density at radius 3 is 2.65 bits per heavy atom. The normalized spacial score (nSPS) is 21.5. The smallest absolute Gasteiger partial charge is 0.296 e. The molecule has 1 aliphatic heterocycles. The van der Waals surface area contributed by atoms with Crippen LogP contribution in [0.25, 0.3) is 0 Å². The van der Waals surface area contributed by atoms with Crippen LogP contribution >= 0.6 is 0 Å². The first-order valence-electron chi connectivity index (χ1n) is 9.68. The molecular weight excluding hydrogens is 428 g/mol. The molecule has 0 amide bonds. The van der Waals surface area contributed by atoms with E-state index in [2.05, 4.69) is 10.1 Å². The Labute approximate surface area is 178 Å². The van der Waals surface area contributed by atoms with Crippen LogP contribution in [0.15, 0.2) is 60.0 Å². The number of hydrogen-bond donors (Lipinski definition) is 0. The van der Waals surface area contributed by atoms with Crippen LogP contribution in [0.2, 0.25) is 0 Å². The fourth-order valence-corrected chi connectivity index (χ4v) is 4.72. The summed E-state index contributed by atoms with van der Waals surface area (Å²) in [5.74, 6) is -2.43. The summed E-state index contributed by atoms with van der Waals surface area (Å²) in [7, 11) is -3.99. The van der Waals surface area contributed by atoms with Gasteiger partial charge < -0.3 is 4.74 Å². The maximum atomic E-state index is 14.6. The minimum absolute atomic E-state index is 0.0423. The molecule has 1 aromatic heterocycles. The predicted octanol–water partition coefficient (Wildman–Crippen LogP) is 3.07. The molecule has 7 nitrogen and oxygen atoms in total. The van der Waals surface area contributed by atoms with Crippen molar-refractivity contribution in [3.63, 3.8) is 0 Å². The molecule has 3 atom stereocenters. The second-order valence-electron chi connectivity index (χ2n) is 7.49. The second kappa shape index (κ2) is 8.81. The molecule has 31 heavy (non-hydrogen) atoms. The standard InChI is InChI=1S/C21H21F2N3O4S/c1-14-2-5-17(6-3-14)31(27,28)30-11-15-10-29-20(9-26-13-24-12-25-26)21(15)18-7-4-16(22)8-19(18)23/h2-8,12-13,15,20-21H,9-11H2,1H3/t15?,20-,21-/m1/s1. The molecule has 2 aromatic carbocycles. The summed E-state index contributed by atoms with van der Waals surface area (Å²) in [5, 5.41) is 4.05. The van der Waals surface area contributed by atoms with Crippen molar-refractivity contribution < 1.29 is 26.1 Å². The summed E-state index contributed by atoms with van der Waals surface area (Å²) in [5.41, 5.74) is 1.16. The van der Waals surface area contributed by atoms with Crippen molar-refractivity contribution in [1.29, 1.82) is 0 Å². The first-order valence-corrected chi connectivity index (χ1v) is 11.1. The molecule has 0 saturated carbocycles. The molecular formula is C21H21F2N3O4S. The lowest BCUT2D eigenvalue weighted by atomic mass is 9.84. The maximum Gasteiger partial charge on any atom is 0.296 e. The van der Waals surface area contributed by atoms with Gasteiger partial charge in [-0.15, -0.1) is 0 Å². The molecule has 3 aromatic rings. The van der Waals surface area contributed by atoms with Gasteiger partial charge in [-0.25, -0.2) is 13.8 Å². The van der Waals surface area contributed by atoms with E-state index < -0.39 is 39.7 Å². The minimum atomic E-state index is -3.99. The zero-order valence-corrected chi connectivity index (χ0v) is 17.5. The molecule has 1 unspecified atom stereocenters. The summed E-state index contributed by atoms with van der Waals surface area (Å²) in [4.78, 5) is 3.93. The van der Waals surface area contributed by atoms with Crippen LogP contribution in [0.5, 0.6) is 0 Å². The highest BCUT2D eigenvalue weighted by atomic mass is 32.2. The van der Waals surface area contributed by atoms with Crippen LogP contribution in [0, 0.1) is 24.5 Å². The van der Waals surface area contributed by atoms with Crippen molar-refractivity contribution in [3.8, 4) is 0 Å². The lowest BCUT2D eigenvalue weighted by molar-refractivity contribution is 0.0825. The number of aromatic nitrogens is 3. The van der Waals surface area contributed by atoms with Crippen LogP contribution in [0.4, 0.5) is 8.78 Å². The highest BCUT2D eigenvalue weighted by molar-refractivity contribution is 7.86. The maximum absolute atomic E-state index is 14.6. The minimum Gasteiger partial charge on any atom is -0.375 e. The van der Waals surface area contributed by atoms with Crippen LogP contribution in [-0.2, 0) is 25.6 Å². The Hall–Kier alpha value is -2.69. The largest absolute Gasteiger partial charge is 0.375 e. The molecule has 0 N–H and O–H groups in total. The molecule has 2 heterocycles. The molecule has 10 heteroatoms. The van der Waals surface area contributed by atoms with Gasteiger partial charge in [0, 0.05) is 17.9 Å². The molecule has 164 valence electrons.